The summed E-state index contributed by atoms with van der Waals surface area (Å²) in [5.74, 6) is 0.0402. The second-order valence-corrected chi connectivity index (χ2v) is 9.15. The summed E-state index contributed by atoms with van der Waals surface area (Å²) in [5.41, 5.74) is 2.55. The quantitative estimate of drug-likeness (QED) is 0.654. The molecule has 3 heterocycles. The van der Waals surface area contributed by atoms with Crippen LogP contribution in [0.5, 0.6) is 0 Å². The van der Waals surface area contributed by atoms with Crippen LogP contribution in [0.15, 0.2) is 60.8 Å². The molecule has 1 aromatic heterocycles. The van der Waals surface area contributed by atoms with Crippen molar-refractivity contribution in [3.05, 3.63) is 71.9 Å². The number of likely N-dealkylation sites (tertiary alicyclic amines) is 1. The summed E-state index contributed by atoms with van der Waals surface area (Å²) >= 11 is 0. The van der Waals surface area contributed by atoms with Gasteiger partial charge in [-0.1, -0.05) is 48.5 Å². The van der Waals surface area contributed by atoms with Gasteiger partial charge >= 0.3 is 0 Å². The number of nitrogens with zero attached hydrogens (tertiary/aromatic N) is 2. The third-order valence-electron chi connectivity index (χ3n) is 7.19. The van der Waals surface area contributed by atoms with Crippen molar-refractivity contribution in [1.29, 1.82) is 0 Å². The smallest absolute Gasteiger partial charge is 0.246 e. The first kappa shape index (κ1) is 20.8. The van der Waals surface area contributed by atoms with E-state index in [1.165, 1.54) is 5.56 Å². The summed E-state index contributed by atoms with van der Waals surface area (Å²) in [4.78, 5) is 34.7. The van der Waals surface area contributed by atoms with Crippen molar-refractivity contribution in [2.24, 2.45) is 0 Å². The van der Waals surface area contributed by atoms with E-state index in [1.807, 2.05) is 47.5 Å². The third-order valence-corrected chi connectivity index (χ3v) is 7.19. The monoisotopic (exact) mass is 430 g/mol. The number of H-pyrrole nitrogens is 1. The number of hydrogen-bond donors (Lipinski definition) is 2. The normalized spacial score (nSPS) is 21.3. The predicted octanol–water partition coefficient (Wildman–Crippen LogP) is 2.74. The number of carbonyl (C=O) groups excluding carboxylic acids is 2. The van der Waals surface area contributed by atoms with Gasteiger partial charge in [0, 0.05) is 43.2 Å². The lowest BCUT2D eigenvalue weighted by Crippen LogP contribution is -2.73. The number of para-hydroxylation sites is 1. The van der Waals surface area contributed by atoms with Crippen molar-refractivity contribution in [1.82, 2.24) is 20.1 Å². The molecule has 1 unspecified atom stereocenters. The summed E-state index contributed by atoms with van der Waals surface area (Å²) in [6, 6.07) is 17.7. The van der Waals surface area contributed by atoms with Gasteiger partial charge in [0.05, 0.1) is 0 Å². The molecule has 1 atom stereocenters. The molecule has 6 nitrogen and oxygen atoms in total. The highest BCUT2D eigenvalue weighted by molar-refractivity contribution is 6.00. The Morgan fingerprint density at radius 3 is 2.50 bits per heavy atom. The number of amides is 2. The molecule has 166 valence electrons. The number of hydrogen-bond acceptors (Lipinski definition) is 3. The number of piperazine rings is 1. The van der Waals surface area contributed by atoms with Gasteiger partial charge in [-0.05, 0) is 43.5 Å². The molecule has 6 heteroatoms. The van der Waals surface area contributed by atoms with Crippen LogP contribution in [0.3, 0.4) is 0 Å². The van der Waals surface area contributed by atoms with E-state index < -0.39 is 11.6 Å². The van der Waals surface area contributed by atoms with E-state index >= 15 is 0 Å². The van der Waals surface area contributed by atoms with Crippen molar-refractivity contribution in [2.45, 2.75) is 37.3 Å². The molecule has 2 aliphatic heterocycles. The fourth-order valence-electron chi connectivity index (χ4n) is 5.23. The van der Waals surface area contributed by atoms with Crippen LogP contribution in [0, 0.1) is 0 Å². The maximum Gasteiger partial charge on any atom is 0.246 e. The maximum atomic E-state index is 13.8. The van der Waals surface area contributed by atoms with Crippen LogP contribution >= 0.6 is 0 Å². The summed E-state index contributed by atoms with van der Waals surface area (Å²) in [7, 11) is 2.07. The van der Waals surface area contributed by atoms with Crippen molar-refractivity contribution in [2.75, 3.05) is 26.7 Å². The van der Waals surface area contributed by atoms with Gasteiger partial charge in [0.1, 0.15) is 11.6 Å². The van der Waals surface area contributed by atoms with E-state index in [0.29, 0.717) is 25.8 Å². The zero-order valence-electron chi connectivity index (χ0n) is 18.5. The molecule has 2 amide bonds. The Hall–Kier alpha value is -3.12. The predicted molar refractivity (Wildman–Crippen MR) is 125 cm³/mol. The van der Waals surface area contributed by atoms with Crippen LogP contribution in [0.1, 0.15) is 24.0 Å². The molecule has 2 N–H and O–H groups in total. The number of nitrogens with one attached hydrogen (secondary N) is 2. The summed E-state index contributed by atoms with van der Waals surface area (Å²) in [6.45, 7) is 2.19. The van der Waals surface area contributed by atoms with Gasteiger partial charge in [0.25, 0.3) is 0 Å². The number of benzene rings is 2. The first-order valence-corrected chi connectivity index (χ1v) is 11.5. The van der Waals surface area contributed by atoms with E-state index in [9.17, 15) is 9.59 Å². The second-order valence-electron chi connectivity index (χ2n) is 9.15. The first-order valence-electron chi connectivity index (χ1n) is 11.5. The number of fused-ring (bicyclic) bond motifs is 1. The van der Waals surface area contributed by atoms with Crippen LogP contribution < -0.4 is 5.32 Å². The highest BCUT2D eigenvalue weighted by Gasteiger charge is 2.53. The second kappa shape index (κ2) is 8.43. The Morgan fingerprint density at radius 2 is 1.72 bits per heavy atom. The van der Waals surface area contributed by atoms with Gasteiger partial charge in [0.15, 0.2) is 0 Å². The minimum Gasteiger partial charge on any atom is -0.361 e. The molecular weight excluding hydrogens is 400 g/mol. The molecule has 32 heavy (non-hydrogen) atoms. The maximum absolute atomic E-state index is 13.8. The highest BCUT2D eigenvalue weighted by atomic mass is 16.2. The molecule has 1 spiro atoms. The van der Waals surface area contributed by atoms with Gasteiger partial charge in [-0.15, -0.1) is 0 Å². The number of rotatable bonds is 5. The lowest BCUT2D eigenvalue weighted by molar-refractivity contribution is -0.160. The Labute approximate surface area is 188 Å². The largest absolute Gasteiger partial charge is 0.361 e. The highest BCUT2D eigenvalue weighted by Crippen LogP contribution is 2.34. The van der Waals surface area contributed by atoms with Crippen LogP contribution in [-0.2, 0) is 22.4 Å². The van der Waals surface area contributed by atoms with Gasteiger partial charge in [-0.3, -0.25) is 9.59 Å². The molecule has 5 rings (SSSR count). The fourth-order valence-corrected chi connectivity index (χ4v) is 5.23. The number of piperidine rings is 1. The lowest BCUT2D eigenvalue weighted by atomic mass is 9.81. The molecule has 0 radical (unpaired) electrons. The van der Waals surface area contributed by atoms with Gasteiger partial charge in [-0.25, -0.2) is 0 Å². The standard InChI is InChI=1S/C26H30N4O2/c1-29-15-12-26(13-16-29)25(32)28-23(17-20-18-27-22-10-6-5-9-21(20)22)24(31)30(26)14-11-19-7-3-2-4-8-19/h2-10,18,23,27H,11-17H2,1H3,(H,28,32). The van der Waals surface area contributed by atoms with Gasteiger partial charge in [-0.2, -0.15) is 0 Å². The Kier molecular flexibility index (Phi) is 5.47. The first-order chi connectivity index (χ1) is 15.6. The lowest BCUT2D eigenvalue weighted by Gasteiger charge is -2.51. The van der Waals surface area contributed by atoms with Crippen LogP contribution in [0.4, 0.5) is 0 Å². The van der Waals surface area contributed by atoms with Crippen LogP contribution in [0.25, 0.3) is 10.9 Å². The average Bonchev–Trinajstić information content (AvgIpc) is 3.22. The number of aromatic nitrogens is 1. The Balaban J connectivity index is 1.42. The summed E-state index contributed by atoms with van der Waals surface area (Å²) in [5, 5.41) is 4.21. The number of carbonyl (C=O) groups is 2. The van der Waals surface area contributed by atoms with E-state index in [-0.39, 0.29) is 11.8 Å². The van der Waals surface area contributed by atoms with E-state index in [2.05, 4.69) is 40.4 Å². The molecule has 2 aromatic carbocycles. The molecular formula is C26H30N4O2. The van der Waals surface area contributed by atoms with Gasteiger partial charge < -0.3 is 20.1 Å². The topological polar surface area (TPSA) is 68.4 Å². The fraction of sp³-hybridized carbons (Fsp3) is 0.385. The van der Waals surface area contributed by atoms with Crippen LogP contribution in [-0.4, -0.2) is 64.9 Å². The Morgan fingerprint density at radius 1 is 1.00 bits per heavy atom. The van der Waals surface area contributed by atoms with E-state index in [0.717, 1.165) is 36.0 Å². The third kappa shape index (κ3) is 3.69. The SMILES string of the molecule is CN1CCC2(CC1)C(=O)NC(Cc1c[nH]c3ccccc13)C(=O)N2CCc1ccccc1. The molecule has 2 saturated heterocycles. The summed E-state index contributed by atoms with van der Waals surface area (Å²) in [6.07, 6.45) is 4.55. The van der Waals surface area contributed by atoms with Crippen molar-refractivity contribution < 1.29 is 9.59 Å². The zero-order chi connectivity index (χ0) is 22.1. The molecule has 0 saturated carbocycles. The minimum absolute atomic E-state index is 0.00287. The molecule has 0 bridgehead atoms. The molecule has 2 fully saturated rings. The van der Waals surface area contributed by atoms with Crippen molar-refractivity contribution in [3.63, 3.8) is 0 Å². The Bertz CT molecular complexity index is 1120. The molecule has 2 aliphatic rings. The average molecular weight is 431 g/mol. The van der Waals surface area contributed by atoms with Crippen LogP contribution in [0.2, 0.25) is 0 Å². The van der Waals surface area contributed by atoms with E-state index in [4.69, 9.17) is 0 Å². The van der Waals surface area contributed by atoms with Crippen molar-refractivity contribution in [3.8, 4) is 0 Å². The zero-order valence-corrected chi connectivity index (χ0v) is 18.5. The molecule has 0 aliphatic carbocycles. The van der Waals surface area contributed by atoms with Crippen molar-refractivity contribution >= 4 is 22.7 Å². The van der Waals surface area contributed by atoms with E-state index in [1.54, 1.807) is 0 Å². The molecule has 3 aromatic rings. The minimum atomic E-state index is -0.741. The summed E-state index contributed by atoms with van der Waals surface area (Å²) < 4.78 is 0. The number of aromatic amines is 1. The van der Waals surface area contributed by atoms with Gasteiger partial charge in [0.2, 0.25) is 11.8 Å².